The van der Waals surface area contributed by atoms with E-state index < -0.39 is 32.6 Å². The number of thioether (sulfide) groups is 1. The van der Waals surface area contributed by atoms with Crippen LogP contribution >= 0.6 is 11.8 Å². The van der Waals surface area contributed by atoms with E-state index in [0.717, 1.165) is 0 Å². The van der Waals surface area contributed by atoms with Gasteiger partial charge in [0.05, 0.1) is 0 Å². The lowest BCUT2D eigenvalue weighted by Crippen LogP contribution is -2.35. The van der Waals surface area contributed by atoms with Crippen LogP contribution in [-0.2, 0) is 19.6 Å². The quantitative estimate of drug-likeness (QED) is 0.591. The van der Waals surface area contributed by atoms with E-state index in [1.807, 2.05) is 4.72 Å². The molecule has 3 N–H and O–H groups in total. The Morgan fingerprint density at radius 2 is 1.79 bits per heavy atom. The van der Waals surface area contributed by atoms with E-state index in [9.17, 15) is 31.2 Å². The number of carbonyl (C=O) groups is 2. The first-order chi connectivity index (χ1) is 13.4. The molecule has 0 fully saturated rings. The molecule has 1 aromatic rings. The van der Waals surface area contributed by atoms with Crippen LogP contribution in [0.4, 0.5) is 24.5 Å². The molecular formula is C17H18F3N3O4S2. The Bertz CT molecular complexity index is 926. The van der Waals surface area contributed by atoms with Crippen LogP contribution in [0.1, 0.15) is 13.3 Å². The van der Waals surface area contributed by atoms with E-state index in [-0.39, 0.29) is 29.7 Å². The highest BCUT2D eigenvalue weighted by atomic mass is 32.2. The largest absolute Gasteiger partial charge is 0.442 e. The van der Waals surface area contributed by atoms with Gasteiger partial charge < -0.3 is 10.6 Å². The van der Waals surface area contributed by atoms with Crippen molar-refractivity contribution in [1.29, 1.82) is 0 Å². The fourth-order valence-electron chi connectivity index (χ4n) is 2.32. The molecule has 2 amide bonds. The van der Waals surface area contributed by atoms with Crippen LogP contribution in [0.15, 0.2) is 48.1 Å². The van der Waals surface area contributed by atoms with Crippen molar-refractivity contribution >= 4 is 45.0 Å². The van der Waals surface area contributed by atoms with Gasteiger partial charge in [-0.3, -0.25) is 9.59 Å². The fourth-order valence-corrected chi connectivity index (χ4v) is 3.84. The number of carbonyl (C=O) groups excluding carboxylic acids is 2. The summed E-state index contributed by atoms with van der Waals surface area (Å²) in [5, 5.41) is 4.33. The molecule has 0 bridgehead atoms. The first kappa shape index (κ1) is 22.8. The molecule has 0 saturated heterocycles. The predicted octanol–water partition coefficient (Wildman–Crippen LogP) is 2.97. The SMILES string of the molecule is CC(=O)Nc1ccc(NCS(=O)(=O)NC(=O)C2=CCC(SC(F)(F)F)C=C2)cc1. The van der Waals surface area contributed by atoms with Gasteiger partial charge in [-0.1, -0.05) is 18.2 Å². The average Bonchev–Trinajstić information content (AvgIpc) is 2.59. The normalized spacial score (nSPS) is 16.7. The van der Waals surface area contributed by atoms with Crippen molar-refractivity contribution in [3.63, 3.8) is 0 Å². The molecule has 1 aromatic carbocycles. The number of benzene rings is 1. The number of sulfonamides is 1. The van der Waals surface area contributed by atoms with Crippen molar-refractivity contribution in [3.8, 4) is 0 Å². The number of rotatable bonds is 7. The molecule has 1 atom stereocenters. The van der Waals surface area contributed by atoms with E-state index in [2.05, 4.69) is 10.6 Å². The summed E-state index contributed by atoms with van der Waals surface area (Å²) in [5.41, 5.74) is -3.43. The zero-order valence-corrected chi connectivity index (χ0v) is 16.7. The summed E-state index contributed by atoms with van der Waals surface area (Å²) in [6, 6.07) is 6.24. The Kier molecular flexibility index (Phi) is 7.36. The lowest BCUT2D eigenvalue weighted by atomic mass is 10.1. The van der Waals surface area contributed by atoms with Gasteiger partial charge in [-0.25, -0.2) is 13.1 Å². The highest BCUT2D eigenvalue weighted by molar-refractivity contribution is 8.00. The van der Waals surface area contributed by atoms with Gasteiger partial charge in [-0.2, -0.15) is 13.2 Å². The summed E-state index contributed by atoms with van der Waals surface area (Å²) in [4.78, 5) is 23.0. The maximum absolute atomic E-state index is 12.3. The third kappa shape index (κ3) is 8.20. The van der Waals surface area contributed by atoms with Gasteiger partial charge in [0.1, 0.15) is 5.88 Å². The number of allylic oxidation sites excluding steroid dienone is 1. The van der Waals surface area contributed by atoms with Crippen molar-refractivity contribution in [2.24, 2.45) is 0 Å². The van der Waals surface area contributed by atoms with E-state index in [0.29, 0.717) is 11.4 Å². The van der Waals surface area contributed by atoms with E-state index in [4.69, 9.17) is 0 Å². The highest BCUT2D eigenvalue weighted by Crippen LogP contribution is 2.37. The van der Waals surface area contributed by atoms with Gasteiger partial charge in [-0.05, 0) is 42.4 Å². The number of hydrogen-bond acceptors (Lipinski definition) is 6. The van der Waals surface area contributed by atoms with Crippen molar-refractivity contribution in [1.82, 2.24) is 4.72 Å². The van der Waals surface area contributed by atoms with Gasteiger partial charge in [0.2, 0.25) is 5.91 Å². The first-order valence-electron chi connectivity index (χ1n) is 8.23. The molecule has 1 aliphatic carbocycles. The third-order valence-electron chi connectivity index (χ3n) is 3.53. The van der Waals surface area contributed by atoms with Gasteiger partial charge >= 0.3 is 5.51 Å². The van der Waals surface area contributed by atoms with E-state index in [1.54, 1.807) is 24.3 Å². The summed E-state index contributed by atoms with van der Waals surface area (Å²) in [6.45, 7) is 1.35. The lowest BCUT2D eigenvalue weighted by molar-refractivity contribution is -0.116. The monoisotopic (exact) mass is 449 g/mol. The lowest BCUT2D eigenvalue weighted by Gasteiger charge is -2.17. The molecule has 2 rings (SSSR count). The summed E-state index contributed by atoms with van der Waals surface area (Å²) in [7, 11) is -4.04. The van der Waals surface area contributed by atoms with Crippen molar-refractivity contribution < 1.29 is 31.2 Å². The smallest absolute Gasteiger partial charge is 0.370 e. The number of alkyl halides is 3. The third-order valence-corrected chi connectivity index (χ3v) is 5.47. The van der Waals surface area contributed by atoms with E-state index in [1.165, 1.54) is 25.2 Å². The Balaban J connectivity index is 1.87. The first-order valence-corrected chi connectivity index (χ1v) is 10.8. The maximum atomic E-state index is 12.3. The van der Waals surface area contributed by atoms with Crippen LogP contribution in [0, 0.1) is 0 Å². The predicted molar refractivity (Wildman–Crippen MR) is 106 cm³/mol. The molecule has 0 saturated carbocycles. The second-order valence-corrected chi connectivity index (χ2v) is 9.01. The molecule has 0 spiro atoms. The summed E-state index contributed by atoms with van der Waals surface area (Å²) in [6.07, 6.45) is 3.62. The second kappa shape index (κ2) is 9.35. The Hall–Kier alpha value is -2.47. The summed E-state index contributed by atoms with van der Waals surface area (Å²) >= 11 is -0.200. The average molecular weight is 449 g/mol. The molecule has 0 aromatic heterocycles. The van der Waals surface area contributed by atoms with Crippen molar-refractivity contribution in [3.05, 3.63) is 48.1 Å². The minimum Gasteiger partial charge on any atom is -0.370 e. The van der Waals surface area contributed by atoms with Crippen LogP contribution in [0.2, 0.25) is 0 Å². The standard InChI is InChI=1S/C17H18F3N3O4S2/c1-11(24)22-14-6-4-13(5-7-14)21-10-29(26,27)23-16(25)12-2-8-15(9-3-12)28-17(18,19)20/h2-8,15,21H,9-10H2,1H3,(H,22,24)(H,23,25). The number of amides is 2. The highest BCUT2D eigenvalue weighted by Gasteiger charge is 2.32. The topological polar surface area (TPSA) is 104 Å². The minimum absolute atomic E-state index is 0.0211. The van der Waals surface area contributed by atoms with Gasteiger partial charge in [0, 0.05) is 29.1 Å². The molecule has 1 aliphatic rings. The molecule has 0 heterocycles. The molecule has 12 heteroatoms. The van der Waals surface area contributed by atoms with Gasteiger partial charge in [0.25, 0.3) is 15.9 Å². The fraction of sp³-hybridized carbons (Fsp3) is 0.294. The molecule has 7 nitrogen and oxygen atoms in total. The molecule has 1 unspecified atom stereocenters. The maximum Gasteiger partial charge on any atom is 0.442 e. The zero-order valence-electron chi connectivity index (χ0n) is 15.1. The van der Waals surface area contributed by atoms with Gasteiger partial charge in [-0.15, -0.1) is 0 Å². The number of nitrogens with one attached hydrogen (secondary N) is 3. The van der Waals surface area contributed by atoms with Crippen LogP contribution in [0.25, 0.3) is 0 Å². The number of anilines is 2. The van der Waals surface area contributed by atoms with Crippen LogP contribution in [-0.4, -0.2) is 36.9 Å². The molecular weight excluding hydrogens is 431 g/mol. The Labute approximate surface area is 169 Å². The van der Waals surface area contributed by atoms with Crippen LogP contribution in [0.3, 0.4) is 0 Å². The number of halogens is 3. The molecule has 0 aliphatic heterocycles. The van der Waals surface area contributed by atoms with Crippen LogP contribution < -0.4 is 15.4 Å². The molecule has 158 valence electrons. The van der Waals surface area contributed by atoms with Crippen molar-refractivity contribution in [2.75, 3.05) is 16.5 Å². The summed E-state index contributed by atoms with van der Waals surface area (Å²) < 4.78 is 63.0. The number of hydrogen-bond donors (Lipinski definition) is 3. The Morgan fingerprint density at radius 3 is 2.31 bits per heavy atom. The molecule has 29 heavy (non-hydrogen) atoms. The minimum atomic E-state index is -4.39. The summed E-state index contributed by atoms with van der Waals surface area (Å²) in [5.74, 6) is -1.76. The zero-order chi connectivity index (χ0) is 21.7. The molecule has 0 radical (unpaired) electrons. The van der Waals surface area contributed by atoms with Crippen molar-refractivity contribution in [2.45, 2.75) is 24.1 Å². The van der Waals surface area contributed by atoms with E-state index >= 15 is 0 Å². The second-order valence-electron chi connectivity index (χ2n) is 5.98. The van der Waals surface area contributed by atoms with Crippen LogP contribution in [0.5, 0.6) is 0 Å². The Morgan fingerprint density at radius 1 is 1.17 bits per heavy atom. The van der Waals surface area contributed by atoms with Gasteiger partial charge in [0.15, 0.2) is 0 Å².